The van der Waals surface area contributed by atoms with Crippen LogP contribution in [0.5, 0.6) is 0 Å². The standard InChI is InChI=1S/C15H29N2.C2H2F4O3S/c1-3-5-7-8-9-10-12-17-14-13-16(15-17)11-6-4-2;3-1(4)2(5,6)10(7,8)9/h13-15H,3-12H2,1-2H3;1H,(H,7,8,9)/q+1;/p-1. The Bertz CT molecular complexity index is 607. The highest BCUT2D eigenvalue weighted by molar-refractivity contribution is 7.86. The number of nitrogens with zero attached hydrogens (tertiary/aromatic N) is 2. The van der Waals surface area contributed by atoms with Crippen LogP contribution in [0.2, 0.25) is 0 Å². The number of alkyl halides is 4. The third kappa shape index (κ3) is 10.7. The Morgan fingerprint density at radius 3 is 2.07 bits per heavy atom. The summed E-state index contributed by atoms with van der Waals surface area (Å²) in [6.45, 7) is 6.87. The summed E-state index contributed by atoms with van der Waals surface area (Å²) in [5, 5.41) is -5.48. The molecule has 5 nitrogen and oxygen atoms in total. The molecular formula is C17H30F4N2O3S. The molecular weight excluding hydrogens is 388 g/mol. The normalized spacial score (nSPS) is 12.1. The fraction of sp³-hybridized carbons (Fsp3) is 0.824. The zero-order valence-corrected chi connectivity index (χ0v) is 16.7. The van der Waals surface area contributed by atoms with E-state index in [0.717, 1.165) is 0 Å². The van der Waals surface area contributed by atoms with E-state index in [4.69, 9.17) is 0 Å². The van der Waals surface area contributed by atoms with Gasteiger partial charge in [-0.2, -0.15) is 8.78 Å². The van der Waals surface area contributed by atoms with Crippen LogP contribution < -0.4 is 4.57 Å². The summed E-state index contributed by atoms with van der Waals surface area (Å²) in [5.74, 6) is 0. The second-order valence-electron chi connectivity index (χ2n) is 6.33. The van der Waals surface area contributed by atoms with E-state index >= 15 is 0 Å². The van der Waals surface area contributed by atoms with E-state index in [-0.39, 0.29) is 0 Å². The Hall–Kier alpha value is -1.16. The number of hydrogen-bond donors (Lipinski definition) is 0. The summed E-state index contributed by atoms with van der Waals surface area (Å²) < 4.78 is 77.3. The van der Waals surface area contributed by atoms with Crippen molar-refractivity contribution in [3.63, 3.8) is 0 Å². The summed E-state index contributed by atoms with van der Waals surface area (Å²) in [6, 6.07) is 0. The van der Waals surface area contributed by atoms with Crippen molar-refractivity contribution in [2.45, 2.75) is 90.0 Å². The summed E-state index contributed by atoms with van der Waals surface area (Å²) in [6.07, 6.45) is 13.0. The maximum Gasteiger partial charge on any atom is 0.393 e. The largest absolute Gasteiger partial charge is 0.743 e. The lowest BCUT2D eigenvalue weighted by atomic mass is 10.1. The van der Waals surface area contributed by atoms with Gasteiger partial charge in [-0.1, -0.05) is 46.0 Å². The molecule has 1 rings (SSSR count). The summed E-state index contributed by atoms with van der Waals surface area (Å²) in [4.78, 5) is 0. The first kappa shape index (κ1) is 25.8. The highest BCUT2D eigenvalue weighted by atomic mass is 32.2. The minimum absolute atomic E-state index is 1.17. The lowest BCUT2D eigenvalue weighted by molar-refractivity contribution is -0.696. The Morgan fingerprint density at radius 1 is 1.04 bits per heavy atom. The van der Waals surface area contributed by atoms with Gasteiger partial charge in [0.1, 0.15) is 12.4 Å². The van der Waals surface area contributed by atoms with Crippen LogP contribution in [0.25, 0.3) is 0 Å². The van der Waals surface area contributed by atoms with E-state index in [0.29, 0.717) is 0 Å². The van der Waals surface area contributed by atoms with E-state index in [1.54, 1.807) is 0 Å². The Balaban J connectivity index is 0.000000580. The lowest BCUT2D eigenvalue weighted by Gasteiger charge is -2.17. The van der Waals surface area contributed by atoms with Gasteiger partial charge in [-0.3, -0.25) is 0 Å². The average Bonchev–Trinajstić information content (AvgIpc) is 3.03. The van der Waals surface area contributed by atoms with Gasteiger partial charge in [-0.25, -0.2) is 26.3 Å². The van der Waals surface area contributed by atoms with Crippen LogP contribution in [-0.2, 0) is 23.2 Å². The molecule has 1 heterocycles. The molecule has 0 bridgehead atoms. The number of rotatable bonds is 12. The fourth-order valence-corrected chi connectivity index (χ4v) is 2.45. The molecule has 0 unspecified atom stereocenters. The highest BCUT2D eigenvalue weighted by Crippen LogP contribution is 2.27. The van der Waals surface area contributed by atoms with Crippen molar-refractivity contribution in [2.24, 2.45) is 0 Å². The summed E-state index contributed by atoms with van der Waals surface area (Å²) in [7, 11) is -6.23. The predicted octanol–water partition coefficient (Wildman–Crippen LogP) is 4.33. The monoisotopic (exact) mass is 418 g/mol. The van der Waals surface area contributed by atoms with Gasteiger partial charge in [0.05, 0.1) is 13.1 Å². The molecule has 0 aliphatic heterocycles. The third-order valence-corrected chi connectivity index (χ3v) is 4.72. The van der Waals surface area contributed by atoms with Crippen LogP contribution in [0, 0.1) is 0 Å². The topological polar surface area (TPSA) is 66.0 Å². The van der Waals surface area contributed by atoms with Crippen molar-refractivity contribution in [3.05, 3.63) is 18.7 Å². The van der Waals surface area contributed by atoms with Crippen LogP contribution in [0.15, 0.2) is 18.7 Å². The number of aryl methyl sites for hydroxylation is 2. The van der Waals surface area contributed by atoms with Crippen LogP contribution in [0.3, 0.4) is 0 Å². The second-order valence-corrected chi connectivity index (χ2v) is 7.78. The van der Waals surface area contributed by atoms with E-state index in [1.807, 2.05) is 0 Å². The Morgan fingerprint density at radius 2 is 1.59 bits per heavy atom. The maximum atomic E-state index is 11.4. The molecule has 27 heavy (non-hydrogen) atoms. The second kappa shape index (κ2) is 13.1. The molecule has 0 N–H and O–H groups in total. The molecule has 0 fully saturated rings. The first-order valence-corrected chi connectivity index (χ1v) is 10.6. The molecule has 0 amide bonds. The van der Waals surface area contributed by atoms with Crippen LogP contribution in [0.1, 0.15) is 65.2 Å². The van der Waals surface area contributed by atoms with Crippen molar-refractivity contribution < 1.29 is 35.1 Å². The molecule has 0 saturated heterocycles. The van der Waals surface area contributed by atoms with Crippen LogP contribution >= 0.6 is 0 Å². The van der Waals surface area contributed by atoms with E-state index < -0.39 is 21.8 Å². The van der Waals surface area contributed by atoms with Gasteiger partial charge in [0.15, 0.2) is 10.1 Å². The smallest absolute Gasteiger partial charge is 0.393 e. The van der Waals surface area contributed by atoms with E-state index in [2.05, 4.69) is 41.7 Å². The van der Waals surface area contributed by atoms with E-state index in [9.17, 15) is 30.5 Å². The molecule has 0 aliphatic rings. The quantitative estimate of drug-likeness (QED) is 0.220. The van der Waals surface area contributed by atoms with Crippen molar-refractivity contribution >= 4 is 10.1 Å². The lowest BCUT2D eigenvalue weighted by Crippen LogP contribution is -2.36. The highest BCUT2D eigenvalue weighted by Gasteiger charge is 2.48. The number of hydrogen-bond acceptors (Lipinski definition) is 3. The third-order valence-electron chi connectivity index (χ3n) is 3.87. The Kier molecular flexibility index (Phi) is 12.5. The minimum Gasteiger partial charge on any atom is -0.743 e. The van der Waals surface area contributed by atoms with Crippen LogP contribution in [0.4, 0.5) is 17.6 Å². The van der Waals surface area contributed by atoms with Gasteiger partial charge in [-0.15, -0.1) is 0 Å². The summed E-state index contributed by atoms with van der Waals surface area (Å²) >= 11 is 0. The number of halogens is 4. The molecule has 0 spiro atoms. The Labute approximate surface area is 159 Å². The van der Waals surface area contributed by atoms with Gasteiger partial charge < -0.3 is 4.55 Å². The molecule has 0 aromatic carbocycles. The zero-order valence-electron chi connectivity index (χ0n) is 15.9. The SMILES string of the molecule is CCCCCCCC[n+]1ccn(CCCC)c1.O=S(=O)([O-])C(F)(F)C(F)F. The molecule has 160 valence electrons. The molecule has 0 aliphatic carbocycles. The molecule has 0 radical (unpaired) electrons. The van der Waals surface area contributed by atoms with Crippen molar-refractivity contribution in [2.75, 3.05) is 0 Å². The molecule has 10 heteroatoms. The van der Waals surface area contributed by atoms with Crippen molar-refractivity contribution in [1.29, 1.82) is 0 Å². The predicted molar refractivity (Wildman–Crippen MR) is 93.6 cm³/mol. The van der Waals surface area contributed by atoms with Gasteiger partial charge in [0.25, 0.3) is 0 Å². The molecule has 1 aromatic heterocycles. The van der Waals surface area contributed by atoms with Gasteiger partial charge in [0, 0.05) is 0 Å². The summed E-state index contributed by atoms with van der Waals surface area (Å²) in [5.41, 5.74) is 0. The first-order chi connectivity index (χ1) is 12.6. The average molecular weight is 418 g/mol. The van der Waals surface area contributed by atoms with Gasteiger partial charge >= 0.3 is 11.7 Å². The zero-order chi connectivity index (χ0) is 20.9. The number of aromatic nitrogens is 2. The van der Waals surface area contributed by atoms with Crippen molar-refractivity contribution in [1.82, 2.24) is 4.57 Å². The molecule has 1 aromatic rings. The van der Waals surface area contributed by atoms with Gasteiger partial charge in [-0.05, 0) is 19.3 Å². The van der Waals surface area contributed by atoms with Crippen molar-refractivity contribution in [3.8, 4) is 0 Å². The molecule has 0 saturated carbocycles. The maximum absolute atomic E-state index is 11.4. The first-order valence-electron chi connectivity index (χ1n) is 9.22. The van der Waals surface area contributed by atoms with E-state index in [1.165, 1.54) is 64.5 Å². The number of unbranched alkanes of at least 4 members (excludes halogenated alkanes) is 6. The van der Waals surface area contributed by atoms with Crippen LogP contribution in [-0.4, -0.2) is 29.2 Å². The molecule has 0 atom stereocenters. The van der Waals surface area contributed by atoms with Gasteiger partial charge in [0.2, 0.25) is 6.33 Å². The fourth-order valence-electron chi connectivity index (χ4n) is 2.23. The number of imidazole rings is 1. The minimum atomic E-state index is -6.23.